The lowest BCUT2D eigenvalue weighted by Crippen LogP contribution is -2.30. The minimum atomic E-state index is -0.699. The molecule has 4 rings (SSSR count). The average molecular weight is 481 g/mol. The first-order valence-corrected chi connectivity index (χ1v) is 10.2. The quantitative estimate of drug-likeness (QED) is 0.505. The fourth-order valence-electron chi connectivity index (χ4n) is 2.98. The van der Waals surface area contributed by atoms with E-state index in [2.05, 4.69) is 26.6 Å². The SMILES string of the molecule is CC(Oc1ccccc1Br)C(=O)Nc1ccc(Oc2ccc3c(c2)C(=O)NC3=O)cc1. The number of fused-ring (bicyclic) bond motifs is 1. The van der Waals surface area contributed by atoms with Crippen molar-refractivity contribution in [2.75, 3.05) is 5.32 Å². The molecule has 0 radical (unpaired) electrons. The second kappa shape index (κ2) is 8.61. The molecule has 0 aliphatic carbocycles. The zero-order valence-corrected chi connectivity index (χ0v) is 17.9. The van der Waals surface area contributed by atoms with E-state index in [-0.39, 0.29) is 11.5 Å². The molecule has 31 heavy (non-hydrogen) atoms. The van der Waals surface area contributed by atoms with Crippen molar-refractivity contribution in [3.05, 3.63) is 82.3 Å². The van der Waals surface area contributed by atoms with Crippen molar-refractivity contribution < 1.29 is 23.9 Å². The maximum Gasteiger partial charge on any atom is 0.265 e. The van der Waals surface area contributed by atoms with Gasteiger partial charge in [0, 0.05) is 5.69 Å². The molecule has 1 atom stereocenters. The fraction of sp³-hybridized carbons (Fsp3) is 0.0870. The summed E-state index contributed by atoms with van der Waals surface area (Å²) in [5.41, 5.74) is 1.19. The van der Waals surface area contributed by atoms with Crippen LogP contribution in [0.4, 0.5) is 5.69 Å². The summed E-state index contributed by atoms with van der Waals surface area (Å²) in [7, 11) is 0. The van der Waals surface area contributed by atoms with Gasteiger partial charge < -0.3 is 14.8 Å². The Morgan fingerprint density at radius 1 is 0.935 bits per heavy atom. The number of rotatable bonds is 6. The molecule has 8 heteroatoms. The molecular weight excluding hydrogens is 464 g/mol. The molecule has 0 saturated carbocycles. The van der Waals surface area contributed by atoms with Gasteiger partial charge in [-0.05, 0) is 77.5 Å². The van der Waals surface area contributed by atoms with Crippen LogP contribution >= 0.6 is 15.9 Å². The van der Waals surface area contributed by atoms with Crippen molar-refractivity contribution in [1.29, 1.82) is 0 Å². The number of para-hydroxylation sites is 1. The lowest BCUT2D eigenvalue weighted by atomic mass is 10.1. The van der Waals surface area contributed by atoms with Gasteiger partial charge in [-0.15, -0.1) is 0 Å². The van der Waals surface area contributed by atoms with Crippen molar-refractivity contribution in [3.63, 3.8) is 0 Å². The number of hydrogen-bond acceptors (Lipinski definition) is 5. The van der Waals surface area contributed by atoms with E-state index in [4.69, 9.17) is 9.47 Å². The number of imide groups is 1. The van der Waals surface area contributed by atoms with Gasteiger partial charge in [0.15, 0.2) is 6.10 Å². The molecule has 0 saturated heterocycles. The minimum Gasteiger partial charge on any atom is -0.480 e. The lowest BCUT2D eigenvalue weighted by Gasteiger charge is -2.16. The van der Waals surface area contributed by atoms with Gasteiger partial charge in [-0.1, -0.05) is 12.1 Å². The molecule has 3 aromatic carbocycles. The Hall–Kier alpha value is -3.65. The third-order valence-corrected chi connectivity index (χ3v) is 5.23. The van der Waals surface area contributed by atoms with E-state index in [0.717, 1.165) is 4.47 Å². The zero-order valence-electron chi connectivity index (χ0n) is 16.3. The van der Waals surface area contributed by atoms with E-state index in [1.807, 2.05) is 18.2 Å². The molecule has 0 fully saturated rings. The Kier molecular flexibility index (Phi) is 5.73. The summed E-state index contributed by atoms with van der Waals surface area (Å²) < 4.78 is 12.2. The first kappa shape index (κ1) is 20.6. The maximum absolute atomic E-state index is 12.4. The highest BCUT2D eigenvalue weighted by atomic mass is 79.9. The van der Waals surface area contributed by atoms with Crippen molar-refractivity contribution >= 4 is 39.3 Å². The first-order chi connectivity index (χ1) is 14.9. The van der Waals surface area contributed by atoms with Gasteiger partial charge in [0.05, 0.1) is 15.6 Å². The predicted molar refractivity (Wildman–Crippen MR) is 118 cm³/mol. The van der Waals surface area contributed by atoms with E-state index in [1.54, 1.807) is 49.4 Å². The lowest BCUT2D eigenvalue weighted by molar-refractivity contribution is -0.122. The third kappa shape index (κ3) is 4.59. The summed E-state index contributed by atoms with van der Waals surface area (Å²) in [6.07, 6.45) is -0.699. The topological polar surface area (TPSA) is 93.7 Å². The number of carbonyl (C=O) groups is 3. The van der Waals surface area contributed by atoms with Gasteiger partial charge in [0.25, 0.3) is 17.7 Å². The number of carbonyl (C=O) groups excluding carboxylic acids is 3. The molecule has 0 aromatic heterocycles. The maximum atomic E-state index is 12.4. The summed E-state index contributed by atoms with van der Waals surface area (Å²) in [6, 6.07) is 18.8. The van der Waals surface area contributed by atoms with Gasteiger partial charge in [0.1, 0.15) is 17.2 Å². The highest BCUT2D eigenvalue weighted by Gasteiger charge is 2.27. The molecule has 1 aliphatic rings. The van der Waals surface area contributed by atoms with Crippen molar-refractivity contribution in [2.45, 2.75) is 13.0 Å². The van der Waals surface area contributed by atoms with Crippen LogP contribution in [-0.2, 0) is 4.79 Å². The Labute approximate surface area is 186 Å². The molecule has 0 bridgehead atoms. The van der Waals surface area contributed by atoms with Gasteiger partial charge >= 0.3 is 0 Å². The van der Waals surface area contributed by atoms with Crippen molar-refractivity contribution in [3.8, 4) is 17.2 Å². The van der Waals surface area contributed by atoms with Gasteiger partial charge in [-0.25, -0.2) is 0 Å². The molecule has 0 spiro atoms. The Morgan fingerprint density at radius 2 is 1.61 bits per heavy atom. The van der Waals surface area contributed by atoms with Crippen LogP contribution in [0.25, 0.3) is 0 Å². The van der Waals surface area contributed by atoms with E-state index in [1.165, 1.54) is 6.07 Å². The third-order valence-electron chi connectivity index (χ3n) is 4.57. The number of halogens is 1. The molecule has 3 aromatic rings. The summed E-state index contributed by atoms with van der Waals surface area (Å²) >= 11 is 3.39. The first-order valence-electron chi connectivity index (χ1n) is 9.40. The van der Waals surface area contributed by atoms with Crippen molar-refractivity contribution in [1.82, 2.24) is 5.32 Å². The standard InChI is InChI=1S/C23H17BrN2O5/c1-13(30-20-5-3-2-4-19(20)24)21(27)25-14-6-8-15(9-7-14)31-16-10-11-17-18(12-16)23(29)26-22(17)28/h2-13H,1H3,(H,25,27)(H,26,28,29). The fourth-order valence-corrected chi connectivity index (χ4v) is 3.36. The number of benzene rings is 3. The monoisotopic (exact) mass is 480 g/mol. The van der Waals surface area contributed by atoms with Crippen molar-refractivity contribution in [2.24, 2.45) is 0 Å². The summed E-state index contributed by atoms with van der Waals surface area (Å²) in [5, 5.41) is 5.03. The molecular formula is C23H17BrN2O5. The molecule has 7 nitrogen and oxygen atoms in total. The van der Waals surface area contributed by atoms with E-state index < -0.39 is 17.9 Å². The number of ether oxygens (including phenoxy) is 2. The molecule has 1 unspecified atom stereocenters. The largest absolute Gasteiger partial charge is 0.480 e. The molecule has 3 amide bonds. The minimum absolute atomic E-state index is 0.283. The highest BCUT2D eigenvalue weighted by molar-refractivity contribution is 9.10. The highest BCUT2D eigenvalue weighted by Crippen LogP contribution is 2.28. The smallest absolute Gasteiger partial charge is 0.265 e. The van der Waals surface area contributed by atoms with Crippen LogP contribution in [-0.4, -0.2) is 23.8 Å². The van der Waals surface area contributed by atoms with E-state index in [0.29, 0.717) is 28.5 Å². The summed E-state index contributed by atoms with van der Waals surface area (Å²) in [4.78, 5) is 35.8. The summed E-state index contributed by atoms with van der Waals surface area (Å²) in [6.45, 7) is 1.67. The predicted octanol–water partition coefficient (Wildman–Crippen LogP) is 4.53. The van der Waals surface area contributed by atoms with Crippen LogP contribution in [0.1, 0.15) is 27.6 Å². The van der Waals surface area contributed by atoms with Crippen LogP contribution in [0.5, 0.6) is 17.2 Å². The number of amides is 3. The van der Waals surface area contributed by atoms with Gasteiger partial charge in [-0.2, -0.15) is 0 Å². The van der Waals surface area contributed by atoms with Crippen LogP contribution in [0.3, 0.4) is 0 Å². The normalized spacial score (nSPS) is 13.2. The number of anilines is 1. The molecule has 1 aliphatic heterocycles. The van der Waals surface area contributed by atoms with E-state index >= 15 is 0 Å². The summed E-state index contributed by atoms with van der Waals surface area (Å²) in [5.74, 6) is 0.375. The second-order valence-electron chi connectivity index (χ2n) is 6.80. The van der Waals surface area contributed by atoms with E-state index in [9.17, 15) is 14.4 Å². The Balaban J connectivity index is 1.38. The van der Waals surface area contributed by atoms with Crippen LogP contribution < -0.4 is 20.1 Å². The van der Waals surface area contributed by atoms with Crippen LogP contribution in [0, 0.1) is 0 Å². The van der Waals surface area contributed by atoms with Gasteiger partial charge in [0.2, 0.25) is 0 Å². The Bertz CT molecular complexity index is 1180. The van der Waals surface area contributed by atoms with Crippen LogP contribution in [0.2, 0.25) is 0 Å². The number of nitrogens with one attached hydrogen (secondary N) is 2. The van der Waals surface area contributed by atoms with Crippen LogP contribution in [0.15, 0.2) is 71.2 Å². The zero-order chi connectivity index (χ0) is 22.0. The molecule has 2 N–H and O–H groups in total. The second-order valence-corrected chi connectivity index (χ2v) is 7.65. The average Bonchev–Trinajstić information content (AvgIpc) is 3.04. The molecule has 156 valence electrons. The van der Waals surface area contributed by atoms with Gasteiger partial charge in [-0.3, -0.25) is 19.7 Å². The number of hydrogen-bond donors (Lipinski definition) is 2. The Morgan fingerprint density at radius 3 is 2.35 bits per heavy atom. The molecule has 1 heterocycles.